The number of ether oxygens (including phenoxy) is 1. The molecule has 1 atom stereocenters. The van der Waals surface area contributed by atoms with Crippen LogP contribution in [-0.4, -0.2) is 37.7 Å². The normalized spacial score (nSPS) is 22.4. The van der Waals surface area contributed by atoms with Gasteiger partial charge in [0.2, 0.25) is 0 Å². The molecule has 0 aliphatic carbocycles. The van der Waals surface area contributed by atoms with Gasteiger partial charge in [0.05, 0.1) is 6.10 Å². The quantitative estimate of drug-likeness (QED) is 0.613. The van der Waals surface area contributed by atoms with Crippen molar-refractivity contribution < 1.29 is 4.74 Å². The fraction of sp³-hybridized carbons (Fsp3) is 1.00. The van der Waals surface area contributed by atoms with Gasteiger partial charge in [0.15, 0.2) is 0 Å². The van der Waals surface area contributed by atoms with Crippen molar-refractivity contribution in [2.75, 3.05) is 26.7 Å². The molecular weight excluding hydrogens is 138 g/mol. The van der Waals surface area contributed by atoms with Gasteiger partial charge < -0.3 is 9.64 Å². The van der Waals surface area contributed by atoms with E-state index in [1.54, 1.807) is 0 Å². The Hall–Kier alpha value is -0.0800. The van der Waals surface area contributed by atoms with Crippen LogP contribution in [0.5, 0.6) is 0 Å². The largest absolute Gasteiger partial charge is 0.380 e. The number of likely N-dealkylation sites (tertiary alicyclic amines) is 1. The molecule has 0 radical (unpaired) electrons. The van der Waals surface area contributed by atoms with Crippen molar-refractivity contribution in [3.05, 3.63) is 0 Å². The van der Waals surface area contributed by atoms with Crippen LogP contribution in [0.1, 0.15) is 26.2 Å². The zero-order chi connectivity index (χ0) is 8.10. The molecule has 1 heterocycles. The lowest BCUT2D eigenvalue weighted by Crippen LogP contribution is -2.30. The fourth-order valence-corrected chi connectivity index (χ4v) is 1.62. The molecule has 0 aromatic rings. The molecule has 0 amide bonds. The summed E-state index contributed by atoms with van der Waals surface area (Å²) in [5.74, 6) is 0. The lowest BCUT2D eigenvalue weighted by molar-refractivity contribution is 0.0686. The van der Waals surface area contributed by atoms with E-state index in [9.17, 15) is 0 Å². The molecular formula is C9H19NO. The van der Waals surface area contributed by atoms with Crippen molar-refractivity contribution in [2.24, 2.45) is 0 Å². The van der Waals surface area contributed by atoms with Crippen LogP contribution in [0.4, 0.5) is 0 Å². The summed E-state index contributed by atoms with van der Waals surface area (Å²) in [6.45, 7) is 5.87. The summed E-state index contributed by atoms with van der Waals surface area (Å²) in [6.07, 6.45) is 4.33. The average Bonchev–Trinajstić information content (AvgIpc) is 2.52. The Morgan fingerprint density at radius 3 is 2.45 bits per heavy atom. The Bertz CT molecular complexity index is 95.7. The number of methoxy groups -OCH3 is 1. The van der Waals surface area contributed by atoms with Crippen LogP contribution >= 0.6 is 0 Å². The van der Waals surface area contributed by atoms with E-state index in [1.807, 2.05) is 7.11 Å². The second-order valence-corrected chi connectivity index (χ2v) is 3.27. The molecule has 0 spiro atoms. The van der Waals surface area contributed by atoms with Crippen LogP contribution in [0.3, 0.4) is 0 Å². The summed E-state index contributed by atoms with van der Waals surface area (Å²) in [5.41, 5.74) is 0. The predicted molar refractivity (Wildman–Crippen MR) is 46.8 cm³/mol. The number of nitrogens with zero attached hydrogens (tertiary/aromatic N) is 1. The fourth-order valence-electron chi connectivity index (χ4n) is 1.62. The minimum atomic E-state index is 0.452. The van der Waals surface area contributed by atoms with Crippen LogP contribution in [0.2, 0.25) is 0 Å². The maximum absolute atomic E-state index is 5.32. The third-order valence-electron chi connectivity index (χ3n) is 2.45. The zero-order valence-corrected chi connectivity index (χ0v) is 7.68. The Morgan fingerprint density at radius 2 is 2.00 bits per heavy atom. The molecule has 0 saturated carbocycles. The van der Waals surface area contributed by atoms with E-state index in [-0.39, 0.29) is 0 Å². The molecule has 1 rings (SSSR count). The SMILES string of the molecule is CCC(CN1CCCC1)OC. The minimum absolute atomic E-state index is 0.452. The van der Waals surface area contributed by atoms with E-state index >= 15 is 0 Å². The van der Waals surface area contributed by atoms with Crippen molar-refractivity contribution in [2.45, 2.75) is 32.3 Å². The van der Waals surface area contributed by atoms with Gasteiger partial charge in [0.25, 0.3) is 0 Å². The average molecular weight is 157 g/mol. The van der Waals surface area contributed by atoms with Gasteiger partial charge in [-0.15, -0.1) is 0 Å². The van der Waals surface area contributed by atoms with E-state index in [2.05, 4.69) is 11.8 Å². The van der Waals surface area contributed by atoms with Crippen LogP contribution in [-0.2, 0) is 4.74 Å². The Morgan fingerprint density at radius 1 is 1.36 bits per heavy atom. The summed E-state index contributed by atoms with van der Waals surface area (Å²) >= 11 is 0. The second-order valence-electron chi connectivity index (χ2n) is 3.27. The van der Waals surface area contributed by atoms with E-state index in [0.717, 1.165) is 13.0 Å². The van der Waals surface area contributed by atoms with Crippen molar-refractivity contribution in [3.8, 4) is 0 Å². The summed E-state index contributed by atoms with van der Waals surface area (Å²) < 4.78 is 5.32. The predicted octanol–water partition coefficient (Wildman–Crippen LogP) is 1.51. The number of hydrogen-bond acceptors (Lipinski definition) is 2. The lowest BCUT2D eigenvalue weighted by Gasteiger charge is -2.20. The molecule has 11 heavy (non-hydrogen) atoms. The maximum atomic E-state index is 5.32. The first-order valence-electron chi connectivity index (χ1n) is 4.62. The minimum Gasteiger partial charge on any atom is -0.380 e. The van der Waals surface area contributed by atoms with Crippen molar-refractivity contribution in [1.29, 1.82) is 0 Å². The summed E-state index contributed by atoms with van der Waals surface area (Å²) in [7, 11) is 1.81. The first kappa shape index (κ1) is 9.01. The molecule has 1 saturated heterocycles. The highest BCUT2D eigenvalue weighted by Crippen LogP contribution is 2.09. The summed E-state index contributed by atoms with van der Waals surface area (Å²) in [4.78, 5) is 2.50. The molecule has 0 bridgehead atoms. The highest BCUT2D eigenvalue weighted by Gasteiger charge is 2.15. The first-order valence-corrected chi connectivity index (χ1v) is 4.62. The highest BCUT2D eigenvalue weighted by molar-refractivity contribution is 4.69. The molecule has 2 nitrogen and oxygen atoms in total. The lowest BCUT2D eigenvalue weighted by atomic mass is 10.2. The van der Waals surface area contributed by atoms with Gasteiger partial charge in [-0.3, -0.25) is 0 Å². The Labute approximate surface area is 69.5 Å². The van der Waals surface area contributed by atoms with Crippen molar-refractivity contribution >= 4 is 0 Å². The monoisotopic (exact) mass is 157 g/mol. The topological polar surface area (TPSA) is 12.5 Å². The van der Waals surface area contributed by atoms with Crippen LogP contribution < -0.4 is 0 Å². The molecule has 1 fully saturated rings. The van der Waals surface area contributed by atoms with Gasteiger partial charge >= 0.3 is 0 Å². The van der Waals surface area contributed by atoms with Gasteiger partial charge in [-0.05, 0) is 32.4 Å². The van der Waals surface area contributed by atoms with E-state index in [4.69, 9.17) is 4.74 Å². The van der Waals surface area contributed by atoms with E-state index in [1.165, 1.54) is 25.9 Å². The van der Waals surface area contributed by atoms with E-state index < -0.39 is 0 Å². The van der Waals surface area contributed by atoms with Crippen molar-refractivity contribution in [3.63, 3.8) is 0 Å². The van der Waals surface area contributed by atoms with Gasteiger partial charge in [-0.2, -0.15) is 0 Å². The molecule has 0 N–H and O–H groups in total. The Kier molecular flexibility index (Phi) is 3.87. The van der Waals surface area contributed by atoms with Crippen molar-refractivity contribution in [1.82, 2.24) is 4.90 Å². The van der Waals surface area contributed by atoms with Gasteiger partial charge in [-0.25, -0.2) is 0 Å². The van der Waals surface area contributed by atoms with Crippen LogP contribution in [0, 0.1) is 0 Å². The van der Waals surface area contributed by atoms with Gasteiger partial charge in [-0.1, -0.05) is 6.92 Å². The Balaban J connectivity index is 2.16. The molecule has 66 valence electrons. The molecule has 1 aliphatic heterocycles. The molecule has 0 aromatic carbocycles. The molecule has 1 aliphatic rings. The number of rotatable bonds is 4. The van der Waals surface area contributed by atoms with Crippen LogP contribution in [0.15, 0.2) is 0 Å². The molecule has 2 heteroatoms. The third kappa shape index (κ3) is 2.80. The van der Waals surface area contributed by atoms with E-state index in [0.29, 0.717) is 6.10 Å². The highest BCUT2D eigenvalue weighted by atomic mass is 16.5. The molecule has 1 unspecified atom stereocenters. The second kappa shape index (κ2) is 4.73. The molecule has 0 aromatic heterocycles. The first-order chi connectivity index (χ1) is 5.36. The zero-order valence-electron chi connectivity index (χ0n) is 7.68. The third-order valence-corrected chi connectivity index (χ3v) is 2.45. The van der Waals surface area contributed by atoms with Gasteiger partial charge in [0, 0.05) is 13.7 Å². The summed E-state index contributed by atoms with van der Waals surface area (Å²) in [5, 5.41) is 0. The maximum Gasteiger partial charge on any atom is 0.0695 e. The summed E-state index contributed by atoms with van der Waals surface area (Å²) in [6, 6.07) is 0. The van der Waals surface area contributed by atoms with Gasteiger partial charge in [0.1, 0.15) is 0 Å². The van der Waals surface area contributed by atoms with Crippen LogP contribution in [0.25, 0.3) is 0 Å². The number of hydrogen-bond donors (Lipinski definition) is 0. The standard InChI is InChI=1S/C9H19NO/c1-3-9(11-2)8-10-6-4-5-7-10/h9H,3-8H2,1-2H3. The smallest absolute Gasteiger partial charge is 0.0695 e.